The molecule has 1 aliphatic carbocycles. The number of hydrogen-bond acceptors (Lipinski definition) is 2. The van der Waals surface area contributed by atoms with Gasteiger partial charge in [-0.2, -0.15) is 0 Å². The number of carbonyl (C=O) groups excluding carboxylic acids is 1. The van der Waals surface area contributed by atoms with Crippen molar-refractivity contribution in [3.63, 3.8) is 0 Å². The summed E-state index contributed by atoms with van der Waals surface area (Å²) in [6, 6.07) is 0. The summed E-state index contributed by atoms with van der Waals surface area (Å²) in [5.41, 5.74) is 1.01. The number of allylic oxidation sites excluding steroid dienone is 2. The predicted octanol–water partition coefficient (Wildman–Crippen LogP) is 2.65. The van der Waals surface area contributed by atoms with Crippen molar-refractivity contribution in [1.82, 2.24) is 4.90 Å². The molecule has 1 amide bonds. The summed E-state index contributed by atoms with van der Waals surface area (Å²) < 4.78 is 0. The number of carbonyl (C=O) groups is 1. The Morgan fingerprint density at radius 1 is 1.47 bits per heavy atom. The molecule has 0 aromatic carbocycles. The minimum Gasteiger partial charge on any atom is -0.508 e. The minimum atomic E-state index is 0.0842. The van der Waals surface area contributed by atoms with E-state index in [-0.39, 0.29) is 11.7 Å². The van der Waals surface area contributed by atoms with Crippen LogP contribution in [0.15, 0.2) is 23.5 Å². The van der Waals surface area contributed by atoms with E-state index in [0.29, 0.717) is 6.42 Å². The molecular formula is C12H21NO2. The van der Waals surface area contributed by atoms with Gasteiger partial charge in [-0.15, -0.1) is 0 Å². The van der Waals surface area contributed by atoms with E-state index in [1.165, 1.54) is 0 Å². The summed E-state index contributed by atoms with van der Waals surface area (Å²) in [6.45, 7) is 4.00. The molecule has 1 rings (SSSR count). The van der Waals surface area contributed by atoms with E-state index >= 15 is 0 Å². The van der Waals surface area contributed by atoms with Crippen LogP contribution in [0.2, 0.25) is 0 Å². The van der Waals surface area contributed by atoms with Crippen molar-refractivity contribution in [1.29, 1.82) is 0 Å². The molecule has 0 radical (unpaired) electrons. The zero-order chi connectivity index (χ0) is 11.8. The average molecular weight is 211 g/mol. The molecular weight excluding hydrogens is 190 g/mol. The number of aliphatic hydroxyl groups excluding tert-OH is 1. The van der Waals surface area contributed by atoms with E-state index in [4.69, 9.17) is 0 Å². The average Bonchev–Trinajstić information content (AvgIpc) is 2.20. The van der Waals surface area contributed by atoms with E-state index in [1.807, 2.05) is 13.8 Å². The maximum atomic E-state index is 11.3. The maximum Gasteiger partial charge on any atom is 0.226 e. The standard InChI is InChI=1S/C10H15NO2.C2H6/c1-11(2)10(13)7-8-4-3-5-9(12)6-8;1-2/h5-6,12H,3-4,7H2,1-2H3;1-2H3. The van der Waals surface area contributed by atoms with Gasteiger partial charge in [-0.3, -0.25) is 4.79 Å². The molecule has 0 bridgehead atoms. The van der Waals surface area contributed by atoms with Crippen LogP contribution in [0, 0.1) is 0 Å². The first-order valence-electron chi connectivity index (χ1n) is 5.38. The van der Waals surface area contributed by atoms with Crippen LogP contribution in [0.5, 0.6) is 0 Å². The normalized spacial score (nSPS) is 14.4. The smallest absolute Gasteiger partial charge is 0.226 e. The molecule has 0 spiro atoms. The Morgan fingerprint density at radius 2 is 2.07 bits per heavy atom. The van der Waals surface area contributed by atoms with Gasteiger partial charge in [-0.05, 0) is 25.0 Å². The van der Waals surface area contributed by atoms with Crippen LogP contribution < -0.4 is 0 Å². The molecule has 15 heavy (non-hydrogen) atoms. The van der Waals surface area contributed by atoms with Gasteiger partial charge in [0.15, 0.2) is 0 Å². The van der Waals surface area contributed by atoms with Crippen LogP contribution in [0.1, 0.15) is 33.1 Å². The second-order valence-electron chi connectivity index (χ2n) is 3.44. The van der Waals surface area contributed by atoms with Gasteiger partial charge in [0, 0.05) is 20.5 Å². The zero-order valence-electron chi connectivity index (χ0n) is 10.1. The third-order valence-electron chi connectivity index (χ3n) is 2.05. The Kier molecular flexibility index (Phi) is 6.50. The lowest BCUT2D eigenvalue weighted by Gasteiger charge is -2.14. The van der Waals surface area contributed by atoms with E-state index in [9.17, 15) is 9.90 Å². The van der Waals surface area contributed by atoms with Gasteiger partial charge in [0.05, 0.1) is 0 Å². The van der Waals surface area contributed by atoms with Crippen LogP contribution in [-0.4, -0.2) is 30.0 Å². The molecule has 0 aliphatic heterocycles. The van der Waals surface area contributed by atoms with Crippen LogP contribution in [-0.2, 0) is 4.79 Å². The minimum absolute atomic E-state index is 0.0842. The number of amides is 1. The highest BCUT2D eigenvalue weighted by molar-refractivity contribution is 5.78. The molecule has 86 valence electrons. The highest BCUT2D eigenvalue weighted by Crippen LogP contribution is 2.18. The number of nitrogens with zero attached hydrogens (tertiary/aromatic N) is 1. The second kappa shape index (κ2) is 7.10. The summed E-state index contributed by atoms with van der Waals surface area (Å²) in [5, 5.41) is 9.19. The Balaban J connectivity index is 0.000000921. The quantitative estimate of drug-likeness (QED) is 0.762. The molecule has 3 nitrogen and oxygen atoms in total. The van der Waals surface area contributed by atoms with Crippen LogP contribution >= 0.6 is 0 Å². The van der Waals surface area contributed by atoms with Crippen molar-refractivity contribution in [3.05, 3.63) is 23.5 Å². The molecule has 1 aliphatic rings. The summed E-state index contributed by atoms with van der Waals surface area (Å²) in [5.74, 6) is 0.369. The lowest BCUT2D eigenvalue weighted by atomic mass is 10.0. The second-order valence-corrected chi connectivity index (χ2v) is 3.44. The van der Waals surface area contributed by atoms with Crippen molar-refractivity contribution < 1.29 is 9.90 Å². The topological polar surface area (TPSA) is 40.5 Å². The van der Waals surface area contributed by atoms with Gasteiger partial charge in [-0.1, -0.05) is 19.4 Å². The predicted molar refractivity (Wildman–Crippen MR) is 62.7 cm³/mol. The summed E-state index contributed by atoms with van der Waals surface area (Å²) in [4.78, 5) is 12.9. The summed E-state index contributed by atoms with van der Waals surface area (Å²) in [6.07, 6.45) is 5.58. The van der Waals surface area contributed by atoms with Crippen LogP contribution in [0.4, 0.5) is 0 Å². The highest BCUT2D eigenvalue weighted by atomic mass is 16.3. The van der Waals surface area contributed by atoms with Crippen LogP contribution in [0.3, 0.4) is 0 Å². The molecule has 0 unspecified atom stereocenters. The first-order valence-corrected chi connectivity index (χ1v) is 5.38. The fourth-order valence-electron chi connectivity index (χ4n) is 1.24. The SMILES string of the molecule is CC.CN(C)C(=O)CC1=CC(O)=CCC1. The first-order chi connectivity index (χ1) is 7.09. The van der Waals surface area contributed by atoms with Gasteiger partial charge >= 0.3 is 0 Å². The van der Waals surface area contributed by atoms with Crippen molar-refractivity contribution in [2.75, 3.05) is 14.1 Å². The molecule has 0 atom stereocenters. The van der Waals surface area contributed by atoms with Gasteiger partial charge in [0.25, 0.3) is 0 Å². The summed E-state index contributed by atoms with van der Waals surface area (Å²) in [7, 11) is 3.48. The monoisotopic (exact) mass is 211 g/mol. The fourth-order valence-corrected chi connectivity index (χ4v) is 1.24. The van der Waals surface area contributed by atoms with Gasteiger partial charge in [0.2, 0.25) is 5.91 Å². The van der Waals surface area contributed by atoms with Gasteiger partial charge < -0.3 is 10.0 Å². The molecule has 0 aromatic heterocycles. The number of rotatable bonds is 2. The Bertz CT molecular complexity index is 265. The maximum absolute atomic E-state index is 11.3. The lowest BCUT2D eigenvalue weighted by Crippen LogP contribution is -2.22. The highest BCUT2D eigenvalue weighted by Gasteiger charge is 2.10. The Morgan fingerprint density at radius 3 is 2.53 bits per heavy atom. The Labute approximate surface area is 92.1 Å². The van der Waals surface area contributed by atoms with E-state index in [0.717, 1.165) is 18.4 Å². The first kappa shape index (κ1) is 13.8. The van der Waals surface area contributed by atoms with E-state index in [1.54, 1.807) is 31.1 Å². The van der Waals surface area contributed by atoms with E-state index in [2.05, 4.69) is 0 Å². The molecule has 0 aromatic rings. The Hall–Kier alpha value is -1.25. The molecule has 0 heterocycles. The third-order valence-corrected chi connectivity index (χ3v) is 2.05. The molecule has 3 heteroatoms. The number of hydrogen-bond donors (Lipinski definition) is 1. The molecule has 0 saturated heterocycles. The summed E-state index contributed by atoms with van der Waals surface area (Å²) >= 11 is 0. The lowest BCUT2D eigenvalue weighted by molar-refractivity contribution is -0.127. The fraction of sp³-hybridized carbons (Fsp3) is 0.583. The van der Waals surface area contributed by atoms with Gasteiger partial charge in [0.1, 0.15) is 5.76 Å². The molecule has 0 saturated carbocycles. The largest absolute Gasteiger partial charge is 0.508 e. The zero-order valence-corrected chi connectivity index (χ0v) is 10.1. The molecule has 1 N–H and O–H groups in total. The third kappa shape index (κ3) is 5.25. The van der Waals surface area contributed by atoms with Crippen LogP contribution in [0.25, 0.3) is 0 Å². The van der Waals surface area contributed by atoms with Crippen molar-refractivity contribution in [2.24, 2.45) is 0 Å². The van der Waals surface area contributed by atoms with Crippen molar-refractivity contribution in [2.45, 2.75) is 33.1 Å². The number of aliphatic hydroxyl groups is 1. The van der Waals surface area contributed by atoms with Crippen molar-refractivity contribution in [3.8, 4) is 0 Å². The van der Waals surface area contributed by atoms with E-state index < -0.39 is 0 Å². The van der Waals surface area contributed by atoms with Crippen molar-refractivity contribution >= 4 is 5.91 Å². The molecule has 0 fully saturated rings. The van der Waals surface area contributed by atoms with Gasteiger partial charge in [-0.25, -0.2) is 0 Å².